The summed E-state index contributed by atoms with van der Waals surface area (Å²) in [5.74, 6) is 1.67. The summed E-state index contributed by atoms with van der Waals surface area (Å²) in [5.41, 5.74) is 1.23. The van der Waals surface area contributed by atoms with Crippen LogP contribution in [0, 0.1) is 0 Å². The van der Waals surface area contributed by atoms with Crippen LogP contribution in [0.2, 0.25) is 5.02 Å². The summed E-state index contributed by atoms with van der Waals surface area (Å²) in [6, 6.07) is 12.3. The van der Waals surface area contributed by atoms with E-state index in [-0.39, 0.29) is 5.91 Å². The normalized spacial score (nSPS) is 10.3. The van der Waals surface area contributed by atoms with Gasteiger partial charge in [0.2, 0.25) is 0 Å². The number of ether oxygens (including phenoxy) is 1. The molecule has 25 heavy (non-hydrogen) atoms. The Labute approximate surface area is 149 Å². The van der Waals surface area contributed by atoms with Crippen molar-refractivity contribution in [3.05, 3.63) is 71.3 Å². The third kappa shape index (κ3) is 4.30. The first kappa shape index (κ1) is 16.9. The van der Waals surface area contributed by atoms with E-state index in [1.54, 1.807) is 49.8 Å². The number of benzene rings is 1. The summed E-state index contributed by atoms with van der Waals surface area (Å²) in [6.07, 6.45) is 3.07. The molecule has 2 N–H and O–H groups in total. The number of hydrogen-bond acceptors (Lipinski definition) is 5. The number of nitrogens with zero attached hydrogens (tertiary/aromatic N) is 1. The van der Waals surface area contributed by atoms with Gasteiger partial charge in [-0.15, -0.1) is 0 Å². The van der Waals surface area contributed by atoms with Gasteiger partial charge in [0.05, 0.1) is 30.5 Å². The number of pyridine rings is 1. The zero-order valence-electron chi connectivity index (χ0n) is 13.5. The monoisotopic (exact) mass is 357 g/mol. The fourth-order valence-corrected chi connectivity index (χ4v) is 2.43. The highest BCUT2D eigenvalue weighted by molar-refractivity contribution is 6.32. The third-order valence-corrected chi connectivity index (χ3v) is 3.75. The third-order valence-electron chi connectivity index (χ3n) is 3.45. The van der Waals surface area contributed by atoms with Crippen molar-refractivity contribution < 1.29 is 13.9 Å². The number of amides is 1. The predicted octanol–water partition coefficient (Wildman–Crippen LogP) is 4.01. The number of furan rings is 1. The molecule has 0 aliphatic rings. The largest absolute Gasteiger partial charge is 0.495 e. The minimum Gasteiger partial charge on any atom is -0.495 e. The van der Waals surface area contributed by atoms with Crippen LogP contribution in [0.5, 0.6) is 5.75 Å². The van der Waals surface area contributed by atoms with Crippen molar-refractivity contribution in [2.45, 2.75) is 6.54 Å². The van der Waals surface area contributed by atoms with Crippen LogP contribution in [-0.2, 0) is 6.54 Å². The molecular formula is C18H16ClN3O3. The van der Waals surface area contributed by atoms with Crippen LogP contribution in [0.4, 0.5) is 11.5 Å². The lowest BCUT2D eigenvalue weighted by Crippen LogP contribution is -2.22. The Bertz CT molecular complexity index is 849. The minimum absolute atomic E-state index is 0.219. The van der Waals surface area contributed by atoms with Gasteiger partial charge >= 0.3 is 0 Å². The van der Waals surface area contributed by atoms with Gasteiger partial charge in [0.25, 0.3) is 5.91 Å². The second-order valence-electron chi connectivity index (χ2n) is 5.17. The molecule has 0 saturated heterocycles. The van der Waals surface area contributed by atoms with Gasteiger partial charge in [-0.05, 0) is 42.5 Å². The quantitative estimate of drug-likeness (QED) is 0.697. The van der Waals surface area contributed by atoms with Crippen LogP contribution in [-0.4, -0.2) is 18.0 Å². The molecule has 0 saturated carbocycles. The van der Waals surface area contributed by atoms with Crippen molar-refractivity contribution in [3.8, 4) is 5.75 Å². The lowest BCUT2D eigenvalue weighted by Gasteiger charge is -2.09. The van der Waals surface area contributed by atoms with Crippen LogP contribution in [0.1, 0.15) is 16.1 Å². The number of hydrogen-bond donors (Lipinski definition) is 2. The molecule has 2 heterocycles. The number of rotatable bonds is 6. The summed E-state index contributed by atoms with van der Waals surface area (Å²) < 4.78 is 10.3. The molecule has 0 bridgehead atoms. The van der Waals surface area contributed by atoms with Crippen molar-refractivity contribution >= 4 is 29.0 Å². The minimum atomic E-state index is -0.219. The molecular weight excluding hydrogens is 342 g/mol. The molecule has 0 atom stereocenters. The maximum Gasteiger partial charge on any atom is 0.253 e. The first-order valence-corrected chi connectivity index (χ1v) is 7.90. The SMILES string of the molecule is COc1ccc(Nc2ccc(C(=O)NCc3ccco3)cn2)cc1Cl. The highest BCUT2D eigenvalue weighted by atomic mass is 35.5. The van der Waals surface area contributed by atoms with Crippen molar-refractivity contribution in [1.82, 2.24) is 10.3 Å². The molecule has 0 unspecified atom stereocenters. The van der Waals surface area contributed by atoms with Gasteiger partial charge in [-0.3, -0.25) is 4.79 Å². The fourth-order valence-electron chi connectivity index (χ4n) is 2.18. The van der Waals surface area contributed by atoms with Gasteiger partial charge in [0.15, 0.2) is 0 Å². The summed E-state index contributed by atoms with van der Waals surface area (Å²) >= 11 is 6.09. The van der Waals surface area contributed by atoms with E-state index in [0.717, 1.165) is 5.69 Å². The molecule has 7 heteroatoms. The van der Waals surface area contributed by atoms with Gasteiger partial charge in [-0.1, -0.05) is 11.6 Å². The number of carbonyl (C=O) groups is 1. The van der Waals surface area contributed by atoms with E-state index in [1.165, 1.54) is 6.20 Å². The average molecular weight is 358 g/mol. The summed E-state index contributed by atoms with van der Waals surface area (Å²) in [4.78, 5) is 16.3. The Morgan fingerprint density at radius 1 is 1.28 bits per heavy atom. The van der Waals surface area contributed by atoms with Crippen LogP contribution in [0.3, 0.4) is 0 Å². The van der Waals surface area contributed by atoms with E-state index in [2.05, 4.69) is 15.6 Å². The molecule has 0 radical (unpaired) electrons. The molecule has 3 aromatic rings. The van der Waals surface area contributed by atoms with Crippen LogP contribution in [0.15, 0.2) is 59.3 Å². The number of nitrogens with one attached hydrogen (secondary N) is 2. The van der Waals surface area contributed by atoms with E-state index in [9.17, 15) is 4.79 Å². The molecule has 2 aromatic heterocycles. The Balaban J connectivity index is 1.61. The van der Waals surface area contributed by atoms with E-state index in [0.29, 0.717) is 34.5 Å². The molecule has 0 fully saturated rings. The number of anilines is 2. The highest BCUT2D eigenvalue weighted by Gasteiger charge is 2.08. The maximum absolute atomic E-state index is 12.1. The van der Waals surface area contributed by atoms with Gasteiger partial charge < -0.3 is 19.8 Å². The van der Waals surface area contributed by atoms with Crippen molar-refractivity contribution in [2.24, 2.45) is 0 Å². The second kappa shape index (κ2) is 7.72. The topological polar surface area (TPSA) is 76.4 Å². The molecule has 0 aliphatic carbocycles. The van der Waals surface area contributed by atoms with Crippen LogP contribution >= 0.6 is 11.6 Å². The zero-order valence-corrected chi connectivity index (χ0v) is 14.2. The van der Waals surface area contributed by atoms with Crippen molar-refractivity contribution in [1.29, 1.82) is 0 Å². The Morgan fingerprint density at radius 2 is 2.16 bits per heavy atom. The summed E-state index contributed by atoms with van der Waals surface area (Å²) in [5, 5.41) is 6.39. The lowest BCUT2D eigenvalue weighted by molar-refractivity contribution is 0.0947. The first-order valence-electron chi connectivity index (χ1n) is 7.53. The molecule has 6 nitrogen and oxygen atoms in total. The standard InChI is InChI=1S/C18H16ClN3O3/c1-24-16-6-5-13(9-15(16)19)22-17-7-4-12(10-20-17)18(23)21-11-14-3-2-8-25-14/h2-10H,11H2,1H3,(H,20,22)(H,21,23). The average Bonchev–Trinajstić information content (AvgIpc) is 3.14. The van der Waals surface area contributed by atoms with Crippen LogP contribution in [0.25, 0.3) is 0 Å². The van der Waals surface area contributed by atoms with E-state index < -0.39 is 0 Å². The summed E-state index contributed by atoms with van der Waals surface area (Å²) in [6.45, 7) is 0.330. The van der Waals surface area contributed by atoms with E-state index >= 15 is 0 Å². The number of carbonyl (C=O) groups excluding carboxylic acids is 1. The first-order chi connectivity index (χ1) is 12.2. The lowest BCUT2D eigenvalue weighted by atomic mass is 10.2. The number of methoxy groups -OCH3 is 1. The zero-order chi connectivity index (χ0) is 17.6. The molecule has 1 aromatic carbocycles. The van der Waals surface area contributed by atoms with Gasteiger partial charge in [-0.25, -0.2) is 4.98 Å². The maximum atomic E-state index is 12.1. The van der Waals surface area contributed by atoms with Crippen molar-refractivity contribution in [2.75, 3.05) is 12.4 Å². The Kier molecular flexibility index (Phi) is 5.20. The Hall–Kier alpha value is -2.99. The van der Waals surface area contributed by atoms with Gasteiger partial charge in [0, 0.05) is 11.9 Å². The molecule has 3 rings (SSSR count). The Morgan fingerprint density at radius 3 is 2.80 bits per heavy atom. The molecule has 0 spiro atoms. The smallest absolute Gasteiger partial charge is 0.253 e. The van der Waals surface area contributed by atoms with Gasteiger partial charge in [0.1, 0.15) is 17.3 Å². The molecule has 1 amide bonds. The molecule has 0 aliphatic heterocycles. The van der Waals surface area contributed by atoms with E-state index in [4.69, 9.17) is 20.8 Å². The number of aromatic nitrogens is 1. The van der Waals surface area contributed by atoms with Gasteiger partial charge in [-0.2, -0.15) is 0 Å². The highest BCUT2D eigenvalue weighted by Crippen LogP contribution is 2.28. The second-order valence-corrected chi connectivity index (χ2v) is 5.58. The summed E-state index contributed by atoms with van der Waals surface area (Å²) in [7, 11) is 1.56. The molecule has 128 valence electrons. The fraction of sp³-hybridized carbons (Fsp3) is 0.111. The van der Waals surface area contributed by atoms with Crippen LogP contribution < -0.4 is 15.4 Å². The number of halogens is 1. The van der Waals surface area contributed by atoms with E-state index in [1.807, 2.05) is 6.07 Å². The van der Waals surface area contributed by atoms with Crippen molar-refractivity contribution in [3.63, 3.8) is 0 Å². The predicted molar refractivity (Wildman–Crippen MR) is 95.4 cm³/mol.